The Bertz CT molecular complexity index is 561. The lowest BCUT2D eigenvalue weighted by atomic mass is 10.4. The summed E-state index contributed by atoms with van der Waals surface area (Å²) in [7, 11) is -0.399. The molecular formula is C10H17N5O3S. The van der Waals surface area contributed by atoms with Gasteiger partial charge in [0.15, 0.2) is 0 Å². The summed E-state index contributed by atoms with van der Waals surface area (Å²) in [6, 6.07) is 0. The second-order valence-electron chi connectivity index (χ2n) is 4.67. The molecule has 1 heterocycles. The number of H-pyrrole nitrogens is 1. The van der Waals surface area contributed by atoms with Crippen LogP contribution in [0.5, 0.6) is 0 Å². The zero-order valence-corrected chi connectivity index (χ0v) is 11.7. The third-order valence-electron chi connectivity index (χ3n) is 2.87. The van der Waals surface area contributed by atoms with Crippen LogP contribution in [0.15, 0.2) is 0 Å². The largest absolute Gasteiger partial charge is 0.348 e. The van der Waals surface area contributed by atoms with E-state index >= 15 is 0 Å². The average molecular weight is 287 g/mol. The van der Waals surface area contributed by atoms with Gasteiger partial charge in [-0.25, -0.2) is 17.7 Å². The number of carbonyl (C=O) groups excluding carboxylic acids is 1. The first kappa shape index (κ1) is 13.9. The van der Waals surface area contributed by atoms with Crippen LogP contribution >= 0.6 is 0 Å². The highest BCUT2D eigenvalue weighted by atomic mass is 32.2. The maximum atomic E-state index is 11.7. The van der Waals surface area contributed by atoms with Gasteiger partial charge in [-0.3, -0.25) is 9.89 Å². The van der Waals surface area contributed by atoms with Gasteiger partial charge in [0, 0.05) is 26.6 Å². The van der Waals surface area contributed by atoms with Crippen molar-refractivity contribution in [3.63, 3.8) is 0 Å². The van der Waals surface area contributed by atoms with Crippen LogP contribution in [0.3, 0.4) is 0 Å². The molecule has 1 saturated carbocycles. The maximum absolute atomic E-state index is 11.7. The first-order valence-corrected chi connectivity index (χ1v) is 7.62. The Hall–Kier alpha value is -1.48. The predicted octanol–water partition coefficient (Wildman–Crippen LogP) is -0.697. The van der Waals surface area contributed by atoms with Crippen LogP contribution in [0.1, 0.15) is 35.2 Å². The third kappa shape index (κ3) is 3.51. The van der Waals surface area contributed by atoms with Gasteiger partial charge < -0.3 is 5.32 Å². The third-order valence-corrected chi connectivity index (χ3v) is 4.70. The highest BCUT2D eigenvalue weighted by Gasteiger charge is 2.28. The molecule has 0 atom stereocenters. The van der Waals surface area contributed by atoms with E-state index in [1.807, 2.05) is 0 Å². The van der Waals surface area contributed by atoms with Crippen molar-refractivity contribution in [2.45, 2.75) is 18.8 Å². The van der Waals surface area contributed by atoms with E-state index in [4.69, 9.17) is 0 Å². The number of aromatic nitrogens is 3. The van der Waals surface area contributed by atoms with Crippen LogP contribution in [0.4, 0.5) is 0 Å². The van der Waals surface area contributed by atoms with Gasteiger partial charge in [0.05, 0.1) is 5.75 Å². The Morgan fingerprint density at radius 3 is 2.74 bits per heavy atom. The summed E-state index contributed by atoms with van der Waals surface area (Å²) in [5.41, 5.74) is 0. The van der Waals surface area contributed by atoms with Gasteiger partial charge in [-0.2, -0.15) is 0 Å². The van der Waals surface area contributed by atoms with Crippen molar-refractivity contribution in [2.75, 3.05) is 26.4 Å². The molecule has 1 aromatic rings. The van der Waals surface area contributed by atoms with Gasteiger partial charge in [0.2, 0.25) is 15.8 Å². The van der Waals surface area contributed by atoms with Crippen LogP contribution in [0.25, 0.3) is 0 Å². The molecule has 0 unspecified atom stereocenters. The van der Waals surface area contributed by atoms with E-state index in [0.29, 0.717) is 5.92 Å². The molecule has 1 fully saturated rings. The molecule has 1 amide bonds. The molecule has 0 saturated heterocycles. The Labute approximate surface area is 111 Å². The molecule has 0 spiro atoms. The minimum atomic E-state index is -3.30. The smallest absolute Gasteiger partial charge is 0.290 e. The van der Waals surface area contributed by atoms with E-state index in [9.17, 15) is 13.2 Å². The van der Waals surface area contributed by atoms with Crippen molar-refractivity contribution in [3.8, 4) is 0 Å². The molecule has 2 rings (SSSR count). The normalized spacial score (nSPS) is 15.7. The van der Waals surface area contributed by atoms with Gasteiger partial charge in [-0.15, -0.1) is 5.10 Å². The van der Waals surface area contributed by atoms with Crippen molar-refractivity contribution in [3.05, 3.63) is 11.6 Å². The van der Waals surface area contributed by atoms with Gasteiger partial charge in [-0.05, 0) is 12.8 Å². The van der Waals surface area contributed by atoms with Gasteiger partial charge in [0.25, 0.3) is 5.91 Å². The zero-order chi connectivity index (χ0) is 14.0. The number of nitrogens with one attached hydrogen (secondary N) is 2. The molecule has 106 valence electrons. The molecule has 2 N–H and O–H groups in total. The Morgan fingerprint density at radius 1 is 1.47 bits per heavy atom. The van der Waals surface area contributed by atoms with Crippen molar-refractivity contribution >= 4 is 15.9 Å². The minimum absolute atomic E-state index is 0.0344. The lowest BCUT2D eigenvalue weighted by molar-refractivity contribution is 0.0946. The molecule has 1 aliphatic rings. The van der Waals surface area contributed by atoms with Crippen LogP contribution in [-0.4, -0.2) is 60.2 Å². The highest BCUT2D eigenvalue weighted by molar-refractivity contribution is 7.89. The number of carbonyl (C=O) groups is 1. The molecule has 0 bridgehead atoms. The van der Waals surface area contributed by atoms with Gasteiger partial charge in [-0.1, -0.05) is 0 Å². The number of sulfonamides is 1. The second-order valence-corrected chi connectivity index (χ2v) is 6.98. The monoisotopic (exact) mass is 287 g/mol. The topological polar surface area (TPSA) is 108 Å². The van der Waals surface area contributed by atoms with E-state index in [1.165, 1.54) is 14.1 Å². The first-order valence-electron chi connectivity index (χ1n) is 6.01. The van der Waals surface area contributed by atoms with E-state index in [2.05, 4.69) is 20.5 Å². The average Bonchev–Trinajstić information content (AvgIpc) is 3.06. The maximum Gasteiger partial charge on any atom is 0.290 e. The Kier molecular flexibility index (Phi) is 3.85. The number of hydrogen-bond donors (Lipinski definition) is 2. The Balaban J connectivity index is 1.84. The van der Waals surface area contributed by atoms with E-state index in [1.54, 1.807) is 0 Å². The molecule has 1 aliphatic carbocycles. The lowest BCUT2D eigenvalue weighted by Crippen LogP contribution is -2.34. The fraction of sp³-hybridized carbons (Fsp3) is 0.700. The van der Waals surface area contributed by atoms with Crippen molar-refractivity contribution in [2.24, 2.45) is 0 Å². The van der Waals surface area contributed by atoms with Crippen LogP contribution in [0, 0.1) is 0 Å². The van der Waals surface area contributed by atoms with Crippen LogP contribution < -0.4 is 5.32 Å². The molecule has 0 aliphatic heterocycles. The molecule has 0 aromatic carbocycles. The van der Waals surface area contributed by atoms with Crippen LogP contribution in [-0.2, 0) is 10.0 Å². The summed E-state index contributed by atoms with van der Waals surface area (Å²) in [5.74, 6) is 0.571. The van der Waals surface area contributed by atoms with Gasteiger partial charge >= 0.3 is 0 Å². The quantitative estimate of drug-likeness (QED) is 0.719. The van der Waals surface area contributed by atoms with E-state index in [-0.39, 0.29) is 18.1 Å². The molecular weight excluding hydrogens is 270 g/mol. The SMILES string of the molecule is CN(C)S(=O)(=O)CCNC(=O)c1n[nH]c(C2CC2)n1. The second kappa shape index (κ2) is 5.25. The number of nitrogens with zero attached hydrogens (tertiary/aromatic N) is 3. The zero-order valence-electron chi connectivity index (χ0n) is 10.9. The molecule has 9 heteroatoms. The van der Waals surface area contributed by atoms with Crippen molar-refractivity contribution in [1.82, 2.24) is 24.8 Å². The lowest BCUT2D eigenvalue weighted by Gasteiger charge is -2.10. The number of hydrogen-bond acceptors (Lipinski definition) is 5. The van der Waals surface area contributed by atoms with E-state index < -0.39 is 15.9 Å². The fourth-order valence-electron chi connectivity index (χ4n) is 1.47. The number of aromatic amines is 1. The molecule has 1 aromatic heterocycles. The fourth-order valence-corrected chi connectivity index (χ4v) is 2.20. The van der Waals surface area contributed by atoms with Crippen molar-refractivity contribution in [1.29, 1.82) is 0 Å². The van der Waals surface area contributed by atoms with E-state index in [0.717, 1.165) is 23.0 Å². The number of rotatable bonds is 6. The molecule has 0 radical (unpaired) electrons. The summed E-state index contributed by atoms with van der Waals surface area (Å²) >= 11 is 0. The summed E-state index contributed by atoms with van der Waals surface area (Å²) in [5, 5.41) is 9.04. The van der Waals surface area contributed by atoms with Gasteiger partial charge in [0.1, 0.15) is 5.82 Å². The predicted molar refractivity (Wildman–Crippen MR) is 68.2 cm³/mol. The molecule has 8 nitrogen and oxygen atoms in total. The van der Waals surface area contributed by atoms with Crippen LogP contribution in [0.2, 0.25) is 0 Å². The van der Waals surface area contributed by atoms with Crippen molar-refractivity contribution < 1.29 is 13.2 Å². The number of amides is 1. The highest BCUT2D eigenvalue weighted by Crippen LogP contribution is 2.37. The summed E-state index contributed by atoms with van der Waals surface area (Å²) in [6.45, 7) is 0.0344. The summed E-state index contributed by atoms with van der Waals surface area (Å²) in [4.78, 5) is 15.8. The first-order chi connectivity index (χ1) is 8.90. The minimum Gasteiger partial charge on any atom is -0.348 e. The standard InChI is InChI=1S/C10H17N5O3S/c1-15(2)19(17,18)6-5-11-10(16)9-12-8(13-14-9)7-3-4-7/h7H,3-6H2,1-2H3,(H,11,16)(H,12,13,14). The Morgan fingerprint density at radius 2 is 2.16 bits per heavy atom. The summed E-state index contributed by atoms with van der Waals surface area (Å²) < 4.78 is 24.1. The summed E-state index contributed by atoms with van der Waals surface area (Å²) in [6.07, 6.45) is 2.13. The molecule has 19 heavy (non-hydrogen) atoms.